The predicted molar refractivity (Wildman–Crippen MR) is 42.1 cm³/mol. The lowest BCUT2D eigenvalue weighted by atomic mass is 9.60. The Balaban J connectivity index is 2.03. The van der Waals surface area contributed by atoms with Crippen molar-refractivity contribution < 1.29 is 4.79 Å². The predicted octanol–water partition coefficient (Wildman–Crippen LogP) is 2.01. The van der Waals surface area contributed by atoms with E-state index in [1.165, 1.54) is 19.3 Å². The summed E-state index contributed by atoms with van der Waals surface area (Å²) in [7, 11) is 0. The van der Waals surface area contributed by atoms with E-state index in [-0.39, 0.29) is 0 Å². The standard InChI is InChI=1S/C10H14O/c1-10-3-2-8(11)9-6(5-10)4-7(9)10/h6-7,9H,2-5H2,1H3. The molecule has 4 atom stereocenters. The van der Waals surface area contributed by atoms with Crippen LogP contribution in [-0.4, -0.2) is 5.78 Å². The van der Waals surface area contributed by atoms with E-state index in [1.54, 1.807) is 0 Å². The van der Waals surface area contributed by atoms with E-state index in [0.717, 1.165) is 18.3 Å². The minimum Gasteiger partial charge on any atom is -0.299 e. The fourth-order valence-electron chi connectivity index (χ4n) is 3.78. The highest BCUT2D eigenvalue weighted by molar-refractivity contribution is 5.84. The van der Waals surface area contributed by atoms with Gasteiger partial charge in [-0.1, -0.05) is 6.92 Å². The van der Waals surface area contributed by atoms with Gasteiger partial charge in [-0.2, -0.15) is 0 Å². The van der Waals surface area contributed by atoms with Crippen LogP contribution in [0, 0.1) is 23.2 Å². The minimum absolute atomic E-state index is 0.522. The molecule has 11 heavy (non-hydrogen) atoms. The van der Waals surface area contributed by atoms with E-state index in [1.807, 2.05) is 0 Å². The highest BCUT2D eigenvalue weighted by atomic mass is 16.1. The van der Waals surface area contributed by atoms with E-state index in [9.17, 15) is 4.79 Å². The fourth-order valence-corrected chi connectivity index (χ4v) is 3.78. The van der Waals surface area contributed by atoms with Gasteiger partial charge in [-0.05, 0) is 36.5 Å². The second kappa shape index (κ2) is 1.55. The summed E-state index contributed by atoms with van der Waals surface area (Å²) >= 11 is 0. The van der Waals surface area contributed by atoms with Crippen molar-refractivity contribution in [2.24, 2.45) is 23.2 Å². The zero-order valence-electron chi connectivity index (χ0n) is 6.97. The second-order valence-corrected chi connectivity index (χ2v) is 4.95. The van der Waals surface area contributed by atoms with Gasteiger partial charge < -0.3 is 0 Å². The van der Waals surface area contributed by atoms with Crippen LogP contribution in [0.15, 0.2) is 0 Å². The molecule has 4 aliphatic carbocycles. The van der Waals surface area contributed by atoms with Crippen molar-refractivity contribution in [3.05, 3.63) is 0 Å². The molecule has 4 bridgehead atoms. The molecule has 0 heterocycles. The van der Waals surface area contributed by atoms with Gasteiger partial charge in [0.1, 0.15) is 5.78 Å². The highest BCUT2D eigenvalue weighted by Gasteiger charge is 2.63. The number of carbonyl (C=O) groups excluding carboxylic acids is 1. The summed E-state index contributed by atoms with van der Waals surface area (Å²) in [6, 6.07) is 0. The lowest BCUT2D eigenvalue weighted by molar-refractivity contribution is -0.134. The molecule has 0 saturated heterocycles. The van der Waals surface area contributed by atoms with Gasteiger partial charge in [0, 0.05) is 12.3 Å². The van der Waals surface area contributed by atoms with Gasteiger partial charge in [0.25, 0.3) is 0 Å². The largest absolute Gasteiger partial charge is 0.299 e. The average molecular weight is 150 g/mol. The molecule has 0 spiro atoms. The Kier molecular flexibility index (Phi) is 0.875. The maximum absolute atomic E-state index is 11.4. The number of carbonyl (C=O) groups is 1. The first-order chi connectivity index (χ1) is 5.21. The molecule has 0 aromatic heterocycles. The Morgan fingerprint density at radius 3 is 3.09 bits per heavy atom. The van der Waals surface area contributed by atoms with Crippen molar-refractivity contribution in [2.75, 3.05) is 0 Å². The Labute approximate surface area is 67.2 Å². The minimum atomic E-state index is 0.522. The molecule has 4 aliphatic rings. The number of ketones is 1. The monoisotopic (exact) mass is 150 g/mol. The Bertz CT molecular complexity index is 233. The zero-order valence-corrected chi connectivity index (χ0v) is 6.97. The molecule has 0 aromatic rings. The average Bonchev–Trinajstić information content (AvgIpc) is 2.33. The first-order valence-corrected chi connectivity index (χ1v) is 4.73. The van der Waals surface area contributed by atoms with Gasteiger partial charge in [0.05, 0.1) is 0 Å². The summed E-state index contributed by atoms with van der Waals surface area (Å²) in [5, 5.41) is 0. The van der Waals surface area contributed by atoms with E-state index >= 15 is 0 Å². The Morgan fingerprint density at radius 1 is 1.55 bits per heavy atom. The van der Waals surface area contributed by atoms with Crippen molar-refractivity contribution in [3.8, 4) is 0 Å². The number of hydrogen-bond acceptors (Lipinski definition) is 1. The van der Waals surface area contributed by atoms with Crippen LogP contribution in [0.25, 0.3) is 0 Å². The highest BCUT2D eigenvalue weighted by Crippen LogP contribution is 2.67. The van der Waals surface area contributed by atoms with Crippen LogP contribution in [0.3, 0.4) is 0 Å². The number of rotatable bonds is 0. The van der Waals surface area contributed by atoms with Crippen molar-refractivity contribution in [2.45, 2.75) is 32.6 Å². The van der Waals surface area contributed by atoms with E-state index < -0.39 is 0 Å². The van der Waals surface area contributed by atoms with Crippen LogP contribution in [-0.2, 0) is 4.79 Å². The Morgan fingerprint density at radius 2 is 2.36 bits per heavy atom. The van der Waals surface area contributed by atoms with Crippen molar-refractivity contribution in [1.82, 2.24) is 0 Å². The van der Waals surface area contributed by atoms with Gasteiger partial charge in [-0.15, -0.1) is 0 Å². The summed E-state index contributed by atoms with van der Waals surface area (Å²) < 4.78 is 0. The first-order valence-electron chi connectivity index (χ1n) is 4.73. The van der Waals surface area contributed by atoms with E-state index in [4.69, 9.17) is 0 Å². The molecule has 4 saturated carbocycles. The molecule has 4 rings (SSSR count). The van der Waals surface area contributed by atoms with Gasteiger partial charge >= 0.3 is 0 Å². The summed E-state index contributed by atoms with van der Waals surface area (Å²) in [5.74, 6) is 2.71. The molecule has 60 valence electrons. The molecular weight excluding hydrogens is 136 g/mol. The third-order valence-corrected chi connectivity index (χ3v) is 4.44. The lowest BCUT2D eigenvalue weighted by Gasteiger charge is -2.43. The van der Waals surface area contributed by atoms with Crippen LogP contribution in [0.5, 0.6) is 0 Å². The van der Waals surface area contributed by atoms with Crippen molar-refractivity contribution in [1.29, 1.82) is 0 Å². The summed E-state index contributed by atoms with van der Waals surface area (Å²) in [4.78, 5) is 11.4. The molecule has 0 N–H and O–H groups in total. The van der Waals surface area contributed by atoms with Gasteiger partial charge in [0.15, 0.2) is 0 Å². The number of hydrogen-bond donors (Lipinski definition) is 0. The van der Waals surface area contributed by atoms with Crippen molar-refractivity contribution in [3.63, 3.8) is 0 Å². The first kappa shape index (κ1) is 6.22. The van der Waals surface area contributed by atoms with Crippen LogP contribution in [0.2, 0.25) is 0 Å². The fraction of sp³-hybridized carbons (Fsp3) is 0.900. The summed E-state index contributed by atoms with van der Waals surface area (Å²) in [5.41, 5.74) is 0.587. The van der Waals surface area contributed by atoms with E-state index in [0.29, 0.717) is 17.1 Å². The maximum Gasteiger partial charge on any atom is 0.136 e. The summed E-state index contributed by atoms with van der Waals surface area (Å²) in [6.07, 6.45) is 4.79. The second-order valence-electron chi connectivity index (χ2n) is 4.95. The molecule has 0 radical (unpaired) electrons. The molecule has 0 aromatic carbocycles. The number of Topliss-reactive ketones (excluding diaryl/α,β-unsaturated/α-hetero) is 1. The Hall–Kier alpha value is -0.330. The van der Waals surface area contributed by atoms with Gasteiger partial charge in [-0.25, -0.2) is 0 Å². The van der Waals surface area contributed by atoms with Crippen LogP contribution in [0.4, 0.5) is 0 Å². The molecule has 4 unspecified atom stereocenters. The molecule has 1 nitrogen and oxygen atoms in total. The molecular formula is C10H14O. The molecule has 0 aliphatic heterocycles. The lowest BCUT2D eigenvalue weighted by Crippen LogP contribution is -2.42. The van der Waals surface area contributed by atoms with Crippen LogP contribution < -0.4 is 0 Å². The summed E-state index contributed by atoms with van der Waals surface area (Å²) in [6.45, 7) is 2.39. The molecule has 0 amide bonds. The van der Waals surface area contributed by atoms with Gasteiger partial charge in [-0.3, -0.25) is 4.79 Å². The smallest absolute Gasteiger partial charge is 0.136 e. The van der Waals surface area contributed by atoms with Crippen LogP contribution in [0.1, 0.15) is 32.6 Å². The van der Waals surface area contributed by atoms with Gasteiger partial charge in [0.2, 0.25) is 0 Å². The topological polar surface area (TPSA) is 17.1 Å². The quantitative estimate of drug-likeness (QED) is 0.516. The zero-order chi connectivity index (χ0) is 7.64. The van der Waals surface area contributed by atoms with E-state index in [2.05, 4.69) is 6.92 Å². The third-order valence-electron chi connectivity index (χ3n) is 4.44. The normalized spacial score (nSPS) is 59.4. The third kappa shape index (κ3) is 0.533. The maximum atomic E-state index is 11.4. The molecule has 4 fully saturated rings. The van der Waals surface area contributed by atoms with Crippen molar-refractivity contribution >= 4 is 5.78 Å². The molecule has 1 heteroatoms. The van der Waals surface area contributed by atoms with Crippen LogP contribution >= 0.6 is 0 Å². The SMILES string of the molecule is CC12CCC(=O)C3C(CC31)C2.